The molecule has 9 heteroatoms. The number of ether oxygens (including phenoxy) is 1. The SMILES string of the molecule is CC(CCCC=CC(=O)CCc1ccc(O)c(OCCc2ccc(O)c(C3CC(=O)c4cc[nH]c4CC#Cc4cc(C(N)N)ccc43)c2)c1)CCc1ccccc1CCO. The molecule has 2 unspecified atom stereocenters. The molecular formula is C51H57N3O6. The smallest absolute Gasteiger partial charge is 0.165 e. The second kappa shape index (κ2) is 21.4. The van der Waals surface area contributed by atoms with Gasteiger partial charge in [-0.1, -0.05) is 85.9 Å². The van der Waals surface area contributed by atoms with Crippen molar-refractivity contribution >= 4 is 11.6 Å². The molecule has 0 saturated carbocycles. The Hall–Kier alpha value is -5.92. The lowest BCUT2D eigenvalue weighted by atomic mass is 9.81. The van der Waals surface area contributed by atoms with Crippen LogP contribution in [0.5, 0.6) is 17.2 Å². The van der Waals surface area contributed by atoms with Crippen molar-refractivity contribution in [3.8, 4) is 29.1 Å². The number of aromatic amines is 1. The number of aryl methyl sites for hydroxylation is 2. The van der Waals surface area contributed by atoms with Crippen LogP contribution in [0.3, 0.4) is 0 Å². The van der Waals surface area contributed by atoms with Crippen molar-refractivity contribution in [2.24, 2.45) is 17.4 Å². The average Bonchev–Trinajstić information content (AvgIpc) is 3.72. The van der Waals surface area contributed by atoms with Gasteiger partial charge in [-0.05, 0) is 114 Å². The molecule has 0 saturated heterocycles. The molecule has 1 aliphatic rings. The van der Waals surface area contributed by atoms with Crippen molar-refractivity contribution in [2.45, 2.75) is 89.6 Å². The number of phenolic OH excluding ortho intramolecular Hbond substituents is 2. The lowest BCUT2D eigenvalue weighted by Gasteiger charge is -2.22. The van der Waals surface area contributed by atoms with Crippen LogP contribution in [0.4, 0.5) is 0 Å². The monoisotopic (exact) mass is 807 g/mol. The van der Waals surface area contributed by atoms with Gasteiger partial charge in [-0.2, -0.15) is 0 Å². The lowest BCUT2D eigenvalue weighted by Crippen LogP contribution is -2.20. The number of hydrogen-bond donors (Lipinski definition) is 6. The topological polar surface area (TPSA) is 172 Å². The summed E-state index contributed by atoms with van der Waals surface area (Å²) < 4.78 is 6.06. The minimum absolute atomic E-state index is 0.0124. The van der Waals surface area contributed by atoms with Crippen LogP contribution in [0, 0.1) is 17.8 Å². The number of aliphatic hydroxyl groups is 1. The molecule has 5 aromatic rings. The third kappa shape index (κ3) is 11.9. The Morgan fingerprint density at radius 3 is 2.45 bits per heavy atom. The van der Waals surface area contributed by atoms with Gasteiger partial charge in [-0.3, -0.25) is 9.59 Å². The number of fused-ring (bicyclic) bond motifs is 2. The van der Waals surface area contributed by atoms with Crippen LogP contribution < -0.4 is 16.2 Å². The molecule has 9 nitrogen and oxygen atoms in total. The first kappa shape index (κ1) is 43.7. The van der Waals surface area contributed by atoms with E-state index in [0.717, 1.165) is 54.5 Å². The van der Waals surface area contributed by atoms with E-state index in [2.05, 4.69) is 41.9 Å². The van der Waals surface area contributed by atoms with E-state index in [1.807, 2.05) is 42.5 Å². The fraction of sp³-hybridized carbons (Fsp3) is 0.333. The Bertz CT molecular complexity index is 2350. The Balaban J connectivity index is 1.02. The number of unbranched alkanes of at least 4 members (excludes halogenated alkanes) is 1. The van der Waals surface area contributed by atoms with Gasteiger partial charge >= 0.3 is 0 Å². The summed E-state index contributed by atoms with van der Waals surface area (Å²) in [6, 6.07) is 26.2. The van der Waals surface area contributed by atoms with Crippen LogP contribution >= 0.6 is 0 Å². The summed E-state index contributed by atoms with van der Waals surface area (Å²) in [5.74, 6) is 6.95. The standard InChI is InChI=1S/C51H57N3O6/c1-34(14-18-37-9-5-6-10-38(37)25-28-55)8-3-2-4-12-41(56)20-15-35-17-23-48(58)50(31-35)60-29-26-36-16-22-47(57)45(30-36)44-33-49(59)43-24-27-54-46(43)13-7-11-39-32-40(51(52)53)19-21-42(39)44/h4-6,9-10,12,16-17,19,21-24,27,30-32,34,44,51,54-55,57-58H,2-3,8,13-15,18,20,25-26,28-29,33,52-53H2,1H3. The minimum atomic E-state index is -0.691. The van der Waals surface area contributed by atoms with E-state index in [9.17, 15) is 24.9 Å². The van der Waals surface area contributed by atoms with Gasteiger partial charge in [0.2, 0.25) is 0 Å². The molecule has 0 amide bonds. The zero-order chi connectivity index (χ0) is 42.4. The maximum Gasteiger partial charge on any atom is 0.165 e. The molecular weight excluding hydrogens is 751 g/mol. The van der Waals surface area contributed by atoms with E-state index in [1.165, 1.54) is 11.1 Å². The normalized spacial score (nSPS) is 14.3. The van der Waals surface area contributed by atoms with Crippen LogP contribution in [0.2, 0.25) is 0 Å². The molecule has 4 aromatic carbocycles. The third-order valence-corrected chi connectivity index (χ3v) is 11.4. The predicted molar refractivity (Wildman–Crippen MR) is 236 cm³/mol. The highest BCUT2D eigenvalue weighted by molar-refractivity contribution is 5.98. The second-order valence-electron chi connectivity index (χ2n) is 15.9. The van der Waals surface area contributed by atoms with Gasteiger partial charge in [0.05, 0.1) is 19.2 Å². The number of rotatable bonds is 19. The number of nitrogens with one attached hydrogen (secondary N) is 1. The van der Waals surface area contributed by atoms with Gasteiger partial charge in [-0.15, -0.1) is 0 Å². The van der Waals surface area contributed by atoms with Gasteiger partial charge in [0, 0.05) is 60.4 Å². The van der Waals surface area contributed by atoms with Crippen LogP contribution in [-0.2, 0) is 36.9 Å². The van der Waals surface area contributed by atoms with Gasteiger partial charge in [0.15, 0.2) is 23.1 Å². The summed E-state index contributed by atoms with van der Waals surface area (Å²) in [4.78, 5) is 29.6. The number of ketones is 2. The molecule has 60 heavy (non-hydrogen) atoms. The molecule has 0 aliphatic heterocycles. The first-order valence-electron chi connectivity index (χ1n) is 21.1. The summed E-state index contributed by atoms with van der Waals surface area (Å²) in [7, 11) is 0. The van der Waals surface area contributed by atoms with Crippen molar-refractivity contribution in [1.29, 1.82) is 0 Å². The number of phenols is 2. The largest absolute Gasteiger partial charge is 0.508 e. The highest BCUT2D eigenvalue weighted by Gasteiger charge is 2.27. The molecule has 1 aromatic heterocycles. The fourth-order valence-corrected chi connectivity index (χ4v) is 7.92. The Labute approximate surface area is 353 Å². The lowest BCUT2D eigenvalue weighted by molar-refractivity contribution is -0.114. The number of benzene rings is 4. The highest BCUT2D eigenvalue weighted by Crippen LogP contribution is 2.38. The summed E-state index contributed by atoms with van der Waals surface area (Å²) >= 11 is 0. The van der Waals surface area contributed by atoms with E-state index in [1.54, 1.807) is 42.6 Å². The van der Waals surface area contributed by atoms with Crippen LogP contribution in [0.25, 0.3) is 0 Å². The number of Topliss-reactive ketones (excluding diaryl/α,β-unsaturated/α-hetero) is 1. The number of H-pyrrole nitrogens is 1. The number of carbonyl (C=O) groups is 2. The van der Waals surface area contributed by atoms with Crippen molar-refractivity contribution < 1.29 is 29.6 Å². The minimum Gasteiger partial charge on any atom is -0.508 e. The molecule has 1 heterocycles. The van der Waals surface area contributed by atoms with Crippen molar-refractivity contribution in [2.75, 3.05) is 13.2 Å². The molecule has 0 radical (unpaired) electrons. The number of aliphatic hydroxyl groups excluding tert-OH is 1. The molecule has 0 bridgehead atoms. The Kier molecular flexibility index (Phi) is 15.5. The first-order chi connectivity index (χ1) is 29.1. The summed E-state index contributed by atoms with van der Waals surface area (Å²) in [6.45, 7) is 2.69. The molecule has 8 N–H and O–H groups in total. The number of carbonyl (C=O) groups excluding carboxylic acids is 2. The van der Waals surface area contributed by atoms with Crippen molar-refractivity contribution in [3.05, 3.63) is 159 Å². The zero-order valence-corrected chi connectivity index (χ0v) is 34.5. The number of hydrogen-bond acceptors (Lipinski definition) is 8. The maximum atomic E-state index is 13.7. The number of aromatic hydroxyl groups is 2. The summed E-state index contributed by atoms with van der Waals surface area (Å²) in [6.07, 6.45) is 12.3. The van der Waals surface area contributed by atoms with Crippen molar-refractivity contribution in [1.82, 2.24) is 4.98 Å². The number of aromatic nitrogens is 1. The molecule has 2 atom stereocenters. The first-order valence-corrected chi connectivity index (χ1v) is 21.1. The van der Waals surface area contributed by atoms with E-state index in [0.29, 0.717) is 66.0 Å². The average molecular weight is 808 g/mol. The van der Waals surface area contributed by atoms with Gasteiger partial charge in [0.25, 0.3) is 0 Å². The highest BCUT2D eigenvalue weighted by atomic mass is 16.5. The van der Waals surface area contributed by atoms with E-state index >= 15 is 0 Å². The molecule has 312 valence electrons. The van der Waals surface area contributed by atoms with Gasteiger partial charge < -0.3 is 36.5 Å². The van der Waals surface area contributed by atoms with E-state index in [-0.39, 0.29) is 42.7 Å². The Morgan fingerprint density at radius 2 is 1.67 bits per heavy atom. The fourth-order valence-electron chi connectivity index (χ4n) is 7.92. The van der Waals surface area contributed by atoms with E-state index < -0.39 is 12.1 Å². The van der Waals surface area contributed by atoms with E-state index in [4.69, 9.17) is 16.2 Å². The van der Waals surface area contributed by atoms with Crippen molar-refractivity contribution in [3.63, 3.8) is 0 Å². The zero-order valence-electron chi connectivity index (χ0n) is 34.5. The van der Waals surface area contributed by atoms with Crippen LogP contribution in [0.1, 0.15) is 118 Å². The second-order valence-corrected chi connectivity index (χ2v) is 15.9. The van der Waals surface area contributed by atoms with Gasteiger partial charge in [0.1, 0.15) is 5.75 Å². The summed E-state index contributed by atoms with van der Waals surface area (Å²) in [5.41, 5.74) is 20.5. The summed E-state index contributed by atoms with van der Waals surface area (Å²) in [5, 5.41) is 31.2. The molecule has 1 aliphatic carbocycles. The number of nitrogens with two attached hydrogens (primary N) is 2. The molecule has 0 fully saturated rings. The maximum absolute atomic E-state index is 13.7. The Morgan fingerprint density at radius 1 is 0.900 bits per heavy atom. The molecule has 6 rings (SSSR count). The third-order valence-electron chi connectivity index (χ3n) is 11.4. The number of allylic oxidation sites excluding steroid dienone is 2. The van der Waals surface area contributed by atoms with Gasteiger partial charge in [-0.25, -0.2) is 0 Å². The molecule has 0 spiro atoms. The quantitative estimate of drug-likeness (QED) is 0.0209. The van der Waals surface area contributed by atoms with Crippen LogP contribution in [-0.4, -0.2) is 45.1 Å². The predicted octanol–water partition coefficient (Wildman–Crippen LogP) is 8.31. The van der Waals surface area contributed by atoms with Crippen LogP contribution in [0.15, 0.2) is 103 Å².